The van der Waals surface area contributed by atoms with Crippen LogP contribution in [0.15, 0.2) is 32.1 Å². The molecule has 8 heteroatoms. The molecule has 4 aliphatic rings. The summed E-state index contributed by atoms with van der Waals surface area (Å²) in [6.45, 7) is 0. The molecule has 4 aliphatic carbocycles. The van der Waals surface area contributed by atoms with Crippen LogP contribution < -0.4 is 5.56 Å². The van der Waals surface area contributed by atoms with E-state index in [-0.39, 0.29) is 11.0 Å². The van der Waals surface area contributed by atoms with Crippen LogP contribution in [-0.4, -0.2) is 19.6 Å². The second-order valence-electron chi connectivity index (χ2n) is 8.50. The lowest BCUT2D eigenvalue weighted by Gasteiger charge is -2.55. The molecule has 0 atom stereocenters. The summed E-state index contributed by atoms with van der Waals surface area (Å²) in [6, 6.07) is 1.59. The standard InChI is InChI=1S/C19H20N4O2S2/c24-15-6-14(20-17-23(15)1-2-26-17)10-27-18-22-21-16(25-18)19-7-11-3-12(8-19)5-13(4-11)9-19/h1-2,6,11-13H,3-5,7-10H2. The Labute approximate surface area is 164 Å². The van der Waals surface area contributed by atoms with Crippen molar-refractivity contribution in [2.75, 3.05) is 0 Å². The zero-order chi connectivity index (χ0) is 18.0. The highest BCUT2D eigenvalue weighted by Gasteiger charge is 2.54. The molecule has 0 saturated heterocycles. The maximum absolute atomic E-state index is 12.1. The van der Waals surface area contributed by atoms with Crippen LogP contribution in [-0.2, 0) is 11.2 Å². The Balaban J connectivity index is 1.22. The van der Waals surface area contributed by atoms with Gasteiger partial charge in [0.2, 0.25) is 5.89 Å². The van der Waals surface area contributed by atoms with E-state index >= 15 is 0 Å². The van der Waals surface area contributed by atoms with Crippen LogP contribution >= 0.6 is 23.1 Å². The molecule has 4 bridgehead atoms. The second-order valence-corrected chi connectivity index (χ2v) is 10.3. The summed E-state index contributed by atoms with van der Waals surface area (Å²) < 4.78 is 7.69. The maximum atomic E-state index is 12.1. The Morgan fingerprint density at radius 1 is 1.19 bits per heavy atom. The number of nitrogens with zero attached hydrogens (tertiary/aromatic N) is 4. The van der Waals surface area contributed by atoms with Crippen molar-refractivity contribution in [3.8, 4) is 0 Å². The van der Waals surface area contributed by atoms with E-state index in [1.807, 2.05) is 5.38 Å². The van der Waals surface area contributed by atoms with Crippen LogP contribution in [0.1, 0.15) is 50.1 Å². The van der Waals surface area contributed by atoms with Crippen LogP contribution in [0.2, 0.25) is 0 Å². The first-order valence-corrected chi connectivity index (χ1v) is 11.5. The molecule has 0 amide bonds. The number of aromatic nitrogens is 4. The third-order valence-electron chi connectivity index (χ3n) is 6.60. The number of hydrogen-bond donors (Lipinski definition) is 0. The van der Waals surface area contributed by atoms with Gasteiger partial charge in [0.15, 0.2) is 4.96 Å². The first kappa shape index (κ1) is 16.3. The summed E-state index contributed by atoms with van der Waals surface area (Å²) in [5, 5.41) is 11.2. The van der Waals surface area contributed by atoms with Gasteiger partial charge in [0.1, 0.15) is 0 Å². The van der Waals surface area contributed by atoms with Gasteiger partial charge < -0.3 is 4.42 Å². The summed E-state index contributed by atoms with van der Waals surface area (Å²) in [6.07, 6.45) is 9.63. The van der Waals surface area contributed by atoms with Crippen LogP contribution in [0.4, 0.5) is 0 Å². The largest absolute Gasteiger partial charge is 0.415 e. The molecule has 3 aromatic rings. The lowest BCUT2D eigenvalue weighted by Crippen LogP contribution is -2.48. The summed E-state index contributed by atoms with van der Waals surface area (Å²) >= 11 is 2.94. The predicted octanol–water partition coefficient (Wildman–Crippen LogP) is 3.90. The van der Waals surface area contributed by atoms with E-state index in [2.05, 4.69) is 15.2 Å². The Morgan fingerprint density at radius 2 is 1.93 bits per heavy atom. The first-order valence-electron chi connectivity index (χ1n) is 9.59. The topological polar surface area (TPSA) is 73.3 Å². The molecular weight excluding hydrogens is 380 g/mol. The molecule has 3 heterocycles. The van der Waals surface area contributed by atoms with Crippen molar-refractivity contribution in [3.63, 3.8) is 0 Å². The van der Waals surface area contributed by atoms with Crippen LogP contribution in [0.25, 0.3) is 4.96 Å². The number of thioether (sulfide) groups is 1. The minimum atomic E-state index is -0.0448. The van der Waals surface area contributed by atoms with Crippen LogP contribution in [0.3, 0.4) is 0 Å². The van der Waals surface area contributed by atoms with E-state index in [1.54, 1.807) is 16.7 Å². The molecule has 140 valence electrons. The third kappa shape index (κ3) is 2.68. The molecular formula is C19H20N4O2S2. The van der Waals surface area contributed by atoms with Crippen molar-refractivity contribution in [2.45, 2.75) is 54.9 Å². The van der Waals surface area contributed by atoms with Crippen LogP contribution in [0, 0.1) is 17.8 Å². The highest BCUT2D eigenvalue weighted by atomic mass is 32.2. The zero-order valence-corrected chi connectivity index (χ0v) is 16.5. The molecule has 3 aromatic heterocycles. The molecule has 0 aliphatic heterocycles. The lowest BCUT2D eigenvalue weighted by atomic mass is 9.49. The van der Waals surface area contributed by atoms with Gasteiger partial charge in [-0.15, -0.1) is 21.5 Å². The maximum Gasteiger partial charge on any atom is 0.276 e. The summed E-state index contributed by atoms with van der Waals surface area (Å²) in [5.74, 6) is 3.98. The second kappa shape index (κ2) is 5.91. The highest BCUT2D eigenvalue weighted by molar-refractivity contribution is 7.98. The van der Waals surface area contributed by atoms with E-state index in [4.69, 9.17) is 4.42 Å². The molecule has 0 aromatic carbocycles. The molecule has 7 rings (SSSR count). The lowest BCUT2D eigenvalue weighted by molar-refractivity contribution is -0.0191. The Morgan fingerprint density at radius 3 is 2.67 bits per heavy atom. The fraction of sp³-hybridized carbons (Fsp3) is 0.579. The number of thiazole rings is 1. The number of rotatable bonds is 4. The smallest absolute Gasteiger partial charge is 0.276 e. The number of fused-ring (bicyclic) bond motifs is 1. The zero-order valence-electron chi connectivity index (χ0n) is 14.8. The highest BCUT2D eigenvalue weighted by Crippen LogP contribution is 2.60. The van der Waals surface area contributed by atoms with Crippen molar-refractivity contribution >= 4 is 28.1 Å². The molecule has 0 N–H and O–H groups in total. The van der Waals surface area contributed by atoms with Crippen molar-refractivity contribution in [3.05, 3.63) is 39.6 Å². The summed E-state index contributed by atoms with van der Waals surface area (Å²) in [5.41, 5.74) is 0.840. The van der Waals surface area contributed by atoms with Gasteiger partial charge in [0.25, 0.3) is 10.8 Å². The van der Waals surface area contributed by atoms with Crippen LogP contribution in [0.5, 0.6) is 0 Å². The van der Waals surface area contributed by atoms with Gasteiger partial charge >= 0.3 is 0 Å². The van der Waals surface area contributed by atoms with Crippen molar-refractivity contribution in [1.29, 1.82) is 0 Å². The van der Waals surface area contributed by atoms with Gasteiger partial charge in [-0.05, 0) is 56.3 Å². The minimum Gasteiger partial charge on any atom is -0.415 e. The third-order valence-corrected chi connectivity index (χ3v) is 8.21. The minimum absolute atomic E-state index is 0.0448. The molecule has 4 fully saturated rings. The fourth-order valence-electron chi connectivity index (χ4n) is 5.95. The normalized spacial score (nSPS) is 31.8. The van der Waals surface area contributed by atoms with E-state index in [0.29, 0.717) is 11.0 Å². The van der Waals surface area contributed by atoms with Crippen molar-refractivity contribution < 1.29 is 4.42 Å². The first-order chi connectivity index (χ1) is 13.2. The quantitative estimate of drug-likeness (QED) is 0.619. The summed E-state index contributed by atoms with van der Waals surface area (Å²) in [4.78, 5) is 17.4. The van der Waals surface area contributed by atoms with Gasteiger partial charge in [-0.1, -0.05) is 11.8 Å². The Hall–Kier alpha value is -1.67. The van der Waals surface area contributed by atoms with Gasteiger partial charge in [-0.3, -0.25) is 9.20 Å². The van der Waals surface area contributed by atoms with Crippen molar-refractivity contribution in [1.82, 2.24) is 19.6 Å². The van der Waals surface area contributed by atoms with E-state index < -0.39 is 0 Å². The van der Waals surface area contributed by atoms with E-state index in [0.717, 1.165) is 34.3 Å². The molecule has 27 heavy (non-hydrogen) atoms. The van der Waals surface area contributed by atoms with Crippen molar-refractivity contribution in [2.24, 2.45) is 17.8 Å². The van der Waals surface area contributed by atoms with E-state index in [9.17, 15) is 4.79 Å². The molecule has 0 spiro atoms. The summed E-state index contributed by atoms with van der Waals surface area (Å²) in [7, 11) is 0. The number of hydrogen-bond acceptors (Lipinski definition) is 7. The molecule has 4 saturated carbocycles. The average molecular weight is 401 g/mol. The molecule has 6 nitrogen and oxygen atoms in total. The average Bonchev–Trinajstić information content (AvgIpc) is 3.29. The van der Waals surface area contributed by atoms with E-state index in [1.165, 1.54) is 61.6 Å². The Bertz CT molecular complexity index is 1030. The Kier molecular flexibility index (Phi) is 3.57. The molecule has 0 radical (unpaired) electrons. The monoisotopic (exact) mass is 400 g/mol. The van der Waals surface area contributed by atoms with Gasteiger partial charge in [0, 0.05) is 28.8 Å². The fourth-order valence-corrected chi connectivity index (χ4v) is 7.35. The van der Waals surface area contributed by atoms with Gasteiger partial charge in [-0.25, -0.2) is 4.98 Å². The molecule has 0 unspecified atom stereocenters. The van der Waals surface area contributed by atoms with Gasteiger partial charge in [-0.2, -0.15) is 0 Å². The van der Waals surface area contributed by atoms with Gasteiger partial charge in [0.05, 0.1) is 5.69 Å². The predicted molar refractivity (Wildman–Crippen MR) is 103 cm³/mol. The SMILES string of the molecule is O=c1cc(CSc2nnc(C34CC5CC(CC(C5)C3)C4)o2)nc2sccn12.